The smallest absolute Gasteiger partial charge is 0.210 e. The maximum Gasteiger partial charge on any atom is 0.210 e. The molecule has 0 atom stereocenters. The van der Waals surface area contributed by atoms with Crippen LogP contribution in [0, 0.1) is 13.8 Å². The number of benzene rings is 2. The Bertz CT molecular complexity index is 953. The first-order valence-electron chi connectivity index (χ1n) is 9.83. The van der Waals surface area contributed by atoms with Crippen LogP contribution in [0.25, 0.3) is 0 Å². The Balaban J connectivity index is 1.69. The number of hydrogen-bond acceptors (Lipinski definition) is 6. The fourth-order valence-corrected chi connectivity index (χ4v) is 5.03. The van der Waals surface area contributed by atoms with E-state index >= 15 is 0 Å². The molecular weight excluding hydrogens is 398 g/mol. The number of thioether (sulfide) groups is 1. The molecule has 2 aromatic carbocycles. The normalized spacial score (nSPS) is 11.5. The van der Waals surface area contributed by atoms with E-state index in [0.29, 0.717) is 6.61 Å². The summed E-state index contributed by atoms with van der Waals surface area (Å²) in [7, 11) is 0. The zero-order valence-corrected chi connectivity index (χ0v) is 19.6. The maximum absolute atomic E-state index is 5.67. The Morgan fingerprint density at radius 2 is 1.76 bits per heavy atom. The average Bonchev–Trinajstić information content (AvgIpc) is 3.09. The molecule has 1 aromatic heterocycles. The van der Waals surface area contributed by atoms with Crippen molar-refractivity contribution in [2.75, 3.05) is 11.9 Å². The van der Waals surface area contributed by atoms with E-state index in [-0.39, 0.29) is 5.41 Å². The fraction of sp³-hybridized carbons (Fsp3) is 0.391. The van der Waals surface area contributed by atoms with Crippen LogP contribution in [0.2, 0.25) is 0 Å². The lowest BCUT2D eigenvalue weighted by atomic mass is 9.84. The third kappa shape index (κ3) is 5.52. The highest BCUT2D eigenvalue weighted by atomic mass is 32.2. The largest absolute Gasteiger partial charge is 0.492 e. The van der Waals surface area contributed by atoms with Gasteiger partial charge in [-0.25, -0.2) is 0 Å². The molecule has 0 unspecified atom stereocenters. The molecule has 0 aliphatic heterocycles. The minimum absolute atomic E-state index is 0.165. The average molecular weight is 428 g/mol. The summed E-state index contributed by atoms with van der Waals surface area (Å²) in [5.74, 6) is 1.72. The van der Waals surface area contributed by atoms with E-state index in [9.17, 15) is 0 Å². The van der Waals surface area contributed by atoms with E-state index < -0.39 is 0 Å². The van der Waals surface area contributed by atoms with Crippen molar-refractivity contribution in [3.05, 3.63) is 58.7 Å². The van der Waals surface area contributed by atoms with Crippen LogP contribution in [0.3, 0.4) is 0 Å². The number of anilines is 2. The lowest BCUT2D eigenvalue weighted by Gasteiger charge is -2.22. The van der Waals surface area contributed by atoms with Gasteiger partial charge in [0.25, 0.3) is 0 Å². The second kappa shape index (κ2) is 9.18. The molecule has 0 aliphatic rings. The first kappa shape index (κ1) is 21.7. The number of aryl methyl sites for hydroxylation is 2. The predicted molar refractivity (Wildman–Crippen MR) is 125 cm³/mol. The second-order valence-corrected chi connectivity index (χ2v) is 10.3. The molecule has 4 nitrogen and oxygen atoms in total. The summed E-state index contributed by atoms with van der Waals surface area (Å²) < 4.78 is 6.63. The molecule has 0 bridgehead atoms. The van der Waals surface area contributed by atoms with E-state index in [1.54, 1.807) is 23.1 Å². The van der Waals surface area contributed by atoms with Gasteiger partial charge in [0.05, 0.1) is 12.3 Å². The molecule has 0 fully saturated rings. The van der Waals surface area contributed by atoms with Crippen molar-refractivity contribution < 1.29 is 4.74 Å². The molecule has 0 radical (unpaired) electrons. The Labute approximate surface area is 182 Å². The monoisotopic (exact) mass is 427 g/mol. The molecule has 1 heterocycles. The molecular formula is C23H29N3OS2. The molecule has 1 N–H and O–H groups in total. The Morgan fingerprint density at radius 3 is 2.41 bits per heavy atom. The lowest BCUT2D eigenvalue weighted by Crippen LogP contribution is -2.12. The maximum atomic E-state index is 5.67. The zero-order chi connectivity index (χ0) is 21.0. The van der Waals surface area contributed by atoms with E-state index in [0.717, 1.165) is 26.7 Å². The van der Waals surface area contributed by atoms with Gasteiger partial charge in [-0.05, 0) is 60.6 Å². The van der Waals surface area contributed by atoms with Crippen molar-refractivity contribution in [2.45, 2.75) is 57.0 Å². The van der Waals surface area contributed by atoms with Crippen LogP contribution in [0.4, 0.5) is 10.8 Å². The molecule has 6 heteroatoms. The highest BCUT2D eigenvalue weighted by molar-refractivity contribution is 8.00. The van der Waals surface area contributed by atoms with E-state index in [4.69, 9.17) is 4.74 Å². The van der Waals surface area contributed by atoms with Crippen molar-refractivity contribution in [3.8, 4) is 5.75 Å². The van der Waals surface area contributed by atoms with Crippen LogP contribution >= 0.6 is 23.1 Å². The molecule has 3 aromatic rings. The third-order valence-corrected chi connectivity index (χ3v) is 6.74. The quantitative estimate of drug-likeness (QED) is 0.416. The van der Waals surface area contributed by atoms with Crippen molar-refractivity contribution in [1.82, 2.24) is 10.2 Å². The number of nitrogens with one attached hydrogen (secondary N) is 1. The summed E-state index contributed by atoms with van der Waals surface area (Å²) in [5.41, 5.74) is 6.53. The zero-order valence-electron chi connectivity index (χ0n) is 18.0. The van der Waals surface area contributed by atoms with Crippen LogP contribution in [-0.4, -0.2) is 16.8 Å². The van der Waals surface area contributed by atoms with Gasteiger partial charge in [0, 0.05) is 5.75 Å². The third-order valence-electron chi connectivity index (χ3n) is 4.74. The summed E-state index contributed by atoms with van der Waals surface area (Å²) in [5, 5.41) is 12.7. The summed E-state index contributed by atoms with van der Waals surface area (Å²) in [6.07, 6.45) is 0. The van der Waals surface area contributed by atoms with Gasteiger partial charge in [0.1, 0.15) is 5.75 Å². The molecule has 0 saturated heterocycles. The number of para-hydroxylation sites is 2. The minimum atomic E-state index is 0.165. The first-order valence-corrected chi connectivity index (χ1v) is 11.6. The number of hydrogen-bond donors (Lipinski definition) is 1. The molecule has 0 aliphatic carbocycles. The second-order valence-electron chi connectivity index (χ2n) is 8.05. The van der Waals surface area contributed by atoms with Crippen LogP contribution < -0.4 is 10.1 Å². The van der Waals surface area contributed by atoms with Crippen LogP contribution in [0.15, 0.2) is 40.7 Å². The van der Waals surface area contributed by atoms with Crippen LogP contribution in [0.1, 0.15) is 49.9 Å². The SMILES string of the molecule is CCOc1ccccc1Nc1nnc(SCc2c(C)cc(C(C)(C)C)cc2C)s1. The minimum Gasteiger partial charge on any atom is -0.492 e. The predicted octanol–water partition coefficient (Wildman–Crippen LogP) is 6.89. The number of nitrogens with zero attached hydrogens (tertiary/aromatic N) is 2. The van der Waals surface area contributed by atoms with Crippen molar-refractivity contribution >= 4 is 33.9 Å². The van der Waals surface area contributed by atoms with Crippen LogP contribution in [-0.2, 0) is 11.2 Å². The first-order chi connectivity index (χ1) is 13.8. The summed E-state index contributed by atoms with van der Waals surface area (Å²) in [6.45, 7) is 13.8. The fourth-order valence-electron chi connectivity index (χ4n) is 3.07. The lowest BCUT2D eigenvalue weighted by molar-refractivity contribution is 0.342. The Hall–Kier alpha value is -2.05. The van der Waals surface area contributed by atoms with Crippen molar-refractivity contribution in [3.63, 3.8) is 0 Å². The van der Waals surface area contributed by atoms with Gasteiger partial charge in [0.15, 0.2) is 4.34 Å². The summed E-state index contributed by atoms with van der Waals surface area (Å²) in [6, 6.07) is 12.5. The van der Waals surface area contributed by atoms with Gasteiger partial charge in [0.2, 0.25) is 5.13 Å². The van der Waals surface area contributed by atoms with Gasteiger partial charge in [-0.2, -0.15) is 0 Å². The summed E-state index contributed by atoms with van der Waals surface area (Å²) in [4.78, 5) is 0. The molecule has 0 amide bonds. The van der Waals surface area contributed by atoms with Crippen molar-refractivity contribution in [1.29, 1.82) is 0 Å². The highest BCUT2D eigenvalue weighted by Crippen LogP contribution is 2.35. The summed E-state index contributed by atoms with van der Waals surface area (Å²) >= 11 is 3.30. The van der Waals surface area contributed by atoms with Crippen molar-refractivity contribution in [2.24, 2.45) is 0 Å². The standard InChI is InChI=1S/C23H29N3OS2/c1-7-27-20-11-9-8-10-19(20)24-21-25-26-22(29-21)28-14-18-15(2)12-17(13-16(18)3)23(4,5)6/h8-13H,7,14H2,1-6H3,(H,24,25). The number of ether oxygens (including phenoxy) is 1. The molecule has 3 rings (SSSR count). The molecule has 29 heavy (non-hydrogen) atoms. The van der Waals surface area contributed by atoms with Gasteiger partial charge in [-0.15, -0.1) is 10.2 Å². The Kier molecular flexibility index (Phi) is 6.85. The van der Waals surface area contributed by atoms with Gasteiger partial charge in [-0.1, -0.05) is 68.1 Å². The van der Waals surface area contributed by atoms with Gasteiger partial charge in [-0.3, -0.25) is 0 Å². The molecule has 0 saturated carbocycles. The van der Waals surface area contributed by atoms with E-state index in [2.05, 4.69) is 62.3 Å². The molecule has 0 spiro atoms. The highest BCUT2D eigenvalue weighted by Gasteiger charge is 2.17. The number of aromatic nitrogens is 2. The van der Waals surface area contributed by atoms with E-state index in [1.807, 2.05) is 31.2 Å². The molecule has 154 valence electrons. The Morgan fingerprint density at radius 1 is 1.07 bits per heavy atom. The van der Waals surface area contributed by atoms with E-state index in [1.165, 1.54) is 22.3 Å². The number of rotatable bonds is 7. The van der Waals surface area contributed by atoms with Crippen LogP contribution in [0.5, 0.6) is 5.75 Å². The van der Waals surface area contributed by atoms with Gasteiger partial charge >= 0.3 is 0 Å². The topological polar surface area (TPSA) is 47.0 Å². The van der Waals surface area contributed by atoms with Gasteiger partial charge < -0.3 is 10.1 Å².